The van der Waals surface area contributed by atoms with E-state index in [2.05, 4.69) is 25.3 Å². The largest absolute Gasteiger partial charge is 0.424 e. The second kappa shape index (κ2) is 7.84. The summed E-state index contributed by atoms with van der Waals surface area (Å²) in [6, 6.07) is 21.7. The molecule has 1 N–H and O–H groups in total. The number of ether oxygens (including phenoxy) is 1. The molecule has 0 atom stereocenters. The Bertz CT molecular complexity index is 1080. The van der Waals surface area contributed by atoms with Gasteiger partial charge in [0.1, 0.15) is 17.9 Å². The third-order valence-electron chi connectivity index (χ3n) is 4.01. The molecule has 0 spiro atoms. The third-order valence-corrected chi connectivity index (χ3v) is 4.01. The van der Waals surface area contributed by atoms with Gasteiger partial charge in [0.25, 0.3) is 0 Å². The maximum Gasteiger partial charge on any atom is 0.322 e. The summed E-state index contributed by atoms with van der Waals surface area (Å²) in [6.45, 7) is 3.83. The van der Waals surface area contributed by atoms with Crippen molar-refractivity contribution < 1.29 is 4.74 Å². The van der Waals surface area contributed by atoms with Gasteiger partial charge in [-0.05, 0) is 32.0 Å². The van der Waals surface area contributed by atoms with Crippen molar-refractivity contribution in [2.24, 2.45) is 0 Å². The Morgan fingerprint density at radius 2 is 1.57 bits per heavy atom. The van der Waals surface area contributed by atoms with E-state index in [9.17, 15) is 0 Å². The number of aromatic nitrogens is 4. The predicted molar refractivity (Wildman–Crippen MR) is 109 cm³/mol. The number of rotatable bonds is 5. The molecule has 0 saturated carbocycles. The molecule has 4 aromatic rings. The Kier molecular flexibility index (Phi) is 4.93. The van der Waals surface area contributed by atoms with Gasteiger partial charge in [-0.1, -0.05) is 36.4 Å². The normalized spacial score (nSPS) is 10.5. The van der Waals surface area contributed by atoms with Crippen LogP contribution in [0.4, 0.5) is 11.5 Å². The van der Waals surface area contributed by atoms with Crippen LogP contribution < -0.4 is 10.1 Å². The Labute approximate surface area is 163 Å². The van der Waals surface area contributed by atoms with Crippen LogP contribution in [-0.4, -0.2) is 19.9 Å². The van der Waals surface area contributed by atoms with Crippen LogP contribution in [0.15, 0.2) is 73.1 Å². The molecule has 2 aromatic heterocycles. The van der Waals surface area contributed by atoms with Crippen molar-refractivity contribution >= 4 is 11.5 Å². The first-order valence-corrected chi connectivity index (χ1v) is 8.90. The van der Waals surface area contributed by atoms with Gasteiger partial charge in [-0.25, -0.2) is 19.9 Å². The van der Waals surface area contributed by atoms with E-state index >= 15 is 0 Å². The quantitative estimate of drug-likeness (QED) is 0.528. The van der Waals surface area contributed by atoms with Crippen molar-refractivity contribution in [1.82, 2.24) is 19.9 Å². The van der Waals surface area contributed by atoms with Gasteiger partial charge in [-0.3, -0.25) is 0 Å². The highest BCUT2D eigenvalue weighted by molar-refractivity contribution is 5.65. The first kappa shape index (κ1) is 17.6. The Morgan fingerprint density at radius 3 is 2.36 bits per heavy atom. The molecular formula is C22H19N5O. The monoisotopic (exact) mass is 369 g/mol. The van der Waals surface area contributed by atoms with Crippen molar-refractivity contribution in [2.75, 3.05) is 5.32 Å². The molecule has 4 rings (SSSR count). The molecule has 0 bridgehead atoms. The summed E-state index contributed by atoms with van der Waals surface area (Å²) in [5.41, 5.74) is 4.48. The zero-order valence-corrected chi connectivity index (χ0v) is 15.6. The molecule has 0 aliphatic rings. The summed E-state index contributed by atoms with van der Waals surface area (Å²) in [6.07, 6.45) is 1.55. The number of anilines is 2. The molecule has 2 aromatic carbocycles. The summed E-state index contributed by atoms with van der Waals surface area (Å²) in [4.78, 5) is 17.3. The van der Waals surface area contributed by atoms with Crippen LogP contribution >= 0.6 is 0 Å². The fourth-order valence-electron chi connectivity index (χ4n) is 2.82. The second-order valence-electron chi connectivity index (χ2n) is 6.34. The molecule has 0 saturated heterocycles. The minimum atomic E-state index is 0.336. The van der Waals surface area contributed by atoms with E-state index in [0.29, 0.717) is 17.6 Å². The molecule has 0 unspecified atom stereocenters. The zero-order chi connectivity index (χ0) is 19.3. The molecular weight excluding hydrogens is 350 g/mol. The van der Waals surface area contributed by atoms with Crippen LogP contribution in [0.5, 0.6) is 11.8 Å². The van der Waals surface area contributed by atoms with E-state index in [4.69, 9.17) is 4.74 Å². The SMILES string of the molecule is Cc1cc(C)nc(Oc2cccc(Nc3cc(-c4ccccc4)ncn3)c2)n1. The van der Waals surface area contributed by atoms with Gasteiger partial charge in [0, 0.05) is 34.8 Å². The topological polar surface area (TPSA) is 72.8 Å². The number of aryl methyl sites for hydroxylation is 2. The molecule has 0 radical (unpaired) electrons. The fraction of sp³-hybridized carbons (Fsp3) is 0.0909. The van der Waals surface area contributed by atoms with Crippen molar-refractivity contribution in [1.29, 1.82) is 0 Å². The van der Waals surface area contributed by atoms with Crippen LogP contribution in [0.1, 0.15) is 11.4 Å². The van der Waals surface area contributed by atoms with Gasteiger partial charge in [0.05, 0.1) is 5.69 Å². The lowest BCUT2D eigenvalue weighted by Gasteiger charge is -2.10. The van der Waals surface area contributed by atoms with Gasteiger partial charge in [-0.15, -0.1) is 0 Å². The van der Waals surface area contributed by atoms with Gasteiger partial charge in [0.15, 0.2) is 0 Å². The lowest BCUT2D eigenvalue weighted by atomic mass is 10.1. The van der Waals surface area contributed by atoms with E-state index in [1.807, 2.05) is 80.6 Å². The Hall–Kier alpha value is -3.80. The molecule has 6 heteroatoms. The van der Waals surface area contributed by atoms with E-state index in [0.717, 1.165) is 28.3 Å². The van der Waals surface area contributed by atoms with Gasteiger partial charge in [0.2, 0.25) is 0 Å². The highest BCUT2D eigenvalue weighted by Gasteiger charge is 2.06. The van der Waals surface area contributed by atoms with Crippen molar-refractivity contribution in [3.63, 3.8) is 0 Å². The molecule has 6 nitrogen and oxygen atoms in total. The molecule has 0 amide bonds. The zero-order valence-electron chi connectivity index (χ0n) is 15.6. The van der Waals surface area contributed by atoms with Crippen LogP contribution in [-0.2, 0) is 0 Å². The maximum absolute atomic E-state index is 5.82. The summed E-state index contributed by atoms with van der Waals surface area (Å²) < 4.78 is 5.82. The van der Waals surface area contributed by atoms with Crippen LogP contribution in [0.3, 0.4) is 0 Å². The van der Waals surface area contributed by atoms with Crippen molar-refractivity contribution in [3.8, 4) is 23.0 Å². The van der Waals surface area contributed by atoms with E-state index in [1.165, 1.54) is 0 Å². The fourth-order valence-corrected chi connectivity index (χ4v) is 2.82. The average molecular weight is 369 g/mol. The summed E-state index contributed by atoms with van der Waals surface area (Å²) in [7, 11) is 0. The first-order valence-electron chi connectivity index (χ1n) is 8.90. The van der Waals surface area contributed by atoms with Gasteiger partial charge >= 0.3 is 6.01 Å². The summed E-state index contributed by atoms with van der Waals surface area (Å²) >= 11 is 0. The smallest absolute Gasteiger partial charge is 0.322 e. The standard InChI is InChI=1S/C22H19N5O/c1-15-11-16(2)26-22(25-15)28-19-10-6-9-18(12-19)27-21-13-20(23-14-24-21)17-7-4-3-5-8-17/h3-14H,1-2H3,(H,23,24,27). The van der Waals surface area contributed by atoms with E-state index < -0.39 is 0 Å². The first-order chi connectivity index (χ1) is 13.7. The highest BCUT2D eigenvalue weighted by atomic mass is 16.5. The average Bonchev–Trinajstić information content (AvgIpc) is 2.68. The number of hydrogen-bond acceptors (Lipinski definition) is 6. The molecule has 138 valence electrons. The van der Waals surface area contributed by atoms with E-state index in [1.54, 1.807) is 6.33 Å². The Balaban J connectivity index is 1.54. The second-order valence-corrected chi connectivity index (χ2v) is 6.34. The predicted octanol–water partition coefficient (Wildman–Crippen LogP) is 5.09. The molecule has 28 heavy (non-hydrogen) atoms. The number of nitrogens with zero attached hydrogens (tertiary/aromatic N) is 4. The van der Waals surface area contributed by atoms with Crippen LogP contribution in [0.25, 0.3) is 11.3 Å². The minimum absolute atomic E-state index is 0.336. The summed E-state index contributed by atoms with van der Waals surface area (Å²) in [5, 5.41) is 3.29. The summed E-state index contributed by atoms with van der Waals surface area (Å²) in [5.74, 6) is 1.35. The lowest BCUT2D eigenvalue weighted by Crippen LogP contribution is -1.98. The van der Waals surface area contributed by atoms with Crippen LogP contribution in [0.2, 0.25) is 0 Å². The van der Waals surface area contributed by atoms with Gasteiger partial charge < -0.3 is 10.1 Å². The number of hydrogen-bond donors (Lipinski definition) is 1. The van der Waals surface area contributed by atoms with Crippen LogP contribution in [0, 0.1) is 13.8 Å². The van der Waals surface area contributed by atoms with Gasteiger partial charge in [-0.2, -0.15) is 0 Å². The number of nitrogens with one attached hydrogen (secondary N) is 1. The Morgan fingerprint density at radius 1 is 0.786 bits per heavy atom. The molecule has 0 aliphatic carbocycles. The minimum Gasteiger partial charge on any atom is -0.424 e. The molecule has 0 aliphatic heterocycles. The maximum atomic E-state index is 5.82. The molecule has 2 heterocycles. The van der Waals surface area contributed by atoms with Crippen molar-refractivity contribution in [3.05, 3.63) is 84.4 Å². The van der Waals surface area contributed by atoms with E-state index in [-0.39, 0.29) is 0 Å². The third kappa shape index (κ3) is 4.29. The lowest BCUT2D eigenvalue weighted by molar-refractivity contribution is 0.439. The molecule has 0 fully saturated rings. The number of benzene rings is 2. The highest BCUT2D eigenvalue weighted by Crippen LogP contribution is 2.25. The van der Waals surface area contributed by atoms with Crippen molar-refractivity contribution in [2.45, 2.75) is 13.8 Å².